The molecule has 1 aromatic heterocycles. The van der Waals surface area contributed by atoms with Crippen molar-refractivity contribution in [1.82, 2.24) is 9.97 Å². The summed E-state index contributed by atoms with van der Waals surface area (Å²) in [5, 5.41) is 6.61. The molecule has 0 amide bonds. The summed E-state index contributed by atoms with van der Waals surface area (Å²) >= 11 is 0. The van der Waals surface area contributed by atoms with Crippen molar-refractivity contribution in [3.8, 4) is 0 Å². The molecule has 2 heterocycles. The highest BCUT2D eigenvalue weighted by Crippen LogP contribution is 2.16. The van der Waals surface area contributed by atoms with Crippen molar-refractivity contribution in [2.24, 2.45) is 0 Å². The zero-order valence-electron chi connectivity index (χ0n) is 11.6. The van der Waals surface area contributed by atoms with Crippen LogP contribution < -0.4 is 10.6 Å². The summed E-state index contributed by atoms with van der Waals surface area (Å²) in [4.78, 5) is 8.84. The fourth-order valence-electron chi connectivity index (χ4n) is 2.10. The maximum atomic E-state index is 5.46. The molecule has 6 nitrogen and oxygen atoms in total. The SMILES string of the molecule is CCNc1cc(NC2CCCOC2)nc(COC)n1. The Hall–Kier alpha value is -1.40. The van der Waals surface area contributed by atoms with E-state index in [9.17, 15) is 0 Å². The summed E-state index contributed by atoms with van der Waals surface area (Å²) in [5.74, 6) is 2.33. The predicted molar refractivity (Wildman–Crippen MR) is 74.4 cm³/mol. The number of aromatic nitrogens is 2. The van der Waals surface area contributed by atoms with Crippen LogP contribution in [-0.4, -0.2) is 42.9 Å². The van der Waals surface area contributed by atoms with Gasteiger partial charge in [0.25, 0.3) is 0 Å². The van der Waals surface area contributed by atoms with Crippen molar-refractivity contribution in [1.29, 1.82) is 0 Å². The van der Waals surface area contributed by atoms with E-state index < -0.39 is 0 Å². The predicted octanol–water partition coefficient (Wildman–Crippen LogP) is 1.65. The third-order valence-corrected chi connectivity index (χ3v) is 2.92. The quantitative estimate of drug-likeness (QED) is 0.816. The molecule has 0 saturated carbocycles. The molecule has 0 radical (unpaired) electrons. The minimum absolute atomic E-state index is 0.327. The molecule has 106 valence electrons. The standard InChI is InChI=1S/C13H22N4O2/c1-3-14-11-7-12(17-13(16-11)9-18-2)15-10-5-4-6-19-8-10/h7,10H,3-6,8-9H2,1-2H3,(H2,14,15,16,17). The zero-order valence-corrected chi connectivity index (χ0v) is 11.6. The van der Waals surface area contributed by atoms with Crippen molar-refractivity contribution >= 4 is 11.6 Å². The van der Waals surface area contributed by atoms with Gasteiger partial charge in [-0.2, -0.15) is 0 Å². The van der Waals surface area contributed by atoms with Gasteiger partial charge in [-0.25, -0.2) is 9.97 Å². The first kappa shape index (κ1) is 14.0. The van der Waals surface area contributed by atoms with E-state index in [-0.39, 0.29) is 0 Å². The van der Waals surface area contributed by atoms with Crippen LogP contribution in [0.1, 0.15) is 25.6 Å². The highest BCUT2D eigenvalue weighted by Gasteiger charge is 2.15. The van der Waals surface area contributed by atoms with Gasteiger partial charge in [0, 0.05) is 26.3 Å². The van der Waals surface area contributed by atoms with Crippen molar-refractivity contribution in [3.05, 3.63) is 11.9 Å². The molecule has 1 atom stereocenters. The first-order valence-electron chi connectivity index (χ1n) is 6.77. The van der Waals surface area contributed by atoms with E-state index in [1.165, 1.54) is 0 Å². The van der Waals surface area contributed by atoms with E-state index in [1.807, 2.05) is 13.0 Å². The van der Waals surface area contributed by atoms with Crippen molar-refractivity contribution in [3.63, 3.8) is 0 Å². The maximum absolute atomic E-state index is 5.46. The summed E-state index contributed by atoms with van der Waals surface area (Å²) in [6.07, 6.45) is 2.20. The Bertz CT molecular complexity index is 370. The minimum atomic E-state index is 0.327. The third-order valence-electron chi connectivity index (χ3n) is 2.92. The summed E-state index contributed by atoms with van der Waals surface area (Å²) in [6.45, 7) is 4.88. The Balaban J connectivity index is 2.08. The van der Waals surface area contributed by atoms with E-state index in [4.69, 9.17) is 9.47 Å². The molecule has 0 aromatic carbocycles. The second kappa shape index (κ2) is 7.25. The lowest BCUT2D eigenvalue weighted by atomic mass is 10.1. The molecule has 0 bridgehead atoms. The van der Waals surface area contributed by atoms with Crippen molar-refractivity contribution in [2.45, 2.75) is 32.4 Å². The number of anilines is 2. The second-order valence-corrected chi connectivity index (χ2v) is 4.58. The number of nitrogens with one attached hydrogen (secondary N) is 2. The van der Waals surface area contributed by atoms with E-state index >= 15 is 0 Å². The molecule has 1 unspecified atom stereocenters. The molecule has 0 spiro atoms. The van der Waals surface area contributed by atoms with Crippen LogP contribution >= 0.6 is 0 Å². The van der Waals surface area contributed by atoms with Crippen LogP contribution in [0.25, 0.3) is 0 Å². The Morgan fingerprint density at radius 1 is 1.42 bits per heavy atom. The van der Waals surface area contributed by atoms with Gasteiger partial charge in [-0.05, 0) is 19.8 Å². The summed E-state index contributed by atoms with van der Waals surface area (Å²) < 4.78 is 10.6. The lowest BCUT2D eigenvalue weighted by molar-refractivity contribution is 0.0875. The van der Waals surface area contributed by atoms with Crippen LogP contribution in [0.2, 0.25) is 0 Å². The normalized spacial score (nSPS) is 19.2. The Morgan fingerprint density at radius 2 is 2.26 bits per heavy atom. The third kappa shape index (κ3) is 4.33. The molecule has 1 saturated heterocycles. The molecule has 1 fully saturated rings. The molecular formula is C13H22N4O2. The number of hydrogen-bond donors (Lipinski definition) is 2. The molecule has 0 aliphatic carbocycles. The topological polar surface area (TPSA) is 68.3 Å². The Kier molecular flexibility index (Phi) is 5.35. The van der Waals surface area contributed by atoms with Gasteiger partial charge in [0.1, 0.15) is 18.2 Å². The van der Waals surface area contributed by atoms with Crippen LogP contribution in [0.5, 0.6) is 0 Å². The number of ether oxygens (including phenoxy) is 2. The fraction of sp³-hybridized carbons (Fsp3) is 0.692. The number of methoxy groups -OCH3 is 1. The van der Waals surface area contributed by atoms with Crippen LogP contribution in [0, 0.1) is 0 Å². The maximum Gasteiger partial charge on any atom is 0.158 e. The van der Waals surface area contributed by atoms with Crippen LogP contribution in [0.3, 0.4) is 0 Å². The van der Waals surface area contributed by atoms with Crippen LogP contribution in [0.4, 0.5) is 11.6 Å². The van der Waals surface area contributed by atoms with Crippen molar-refractivity contribution in [2.75, 3.05) is 37.5 Å². The van der Waals surface area contributed by atoms with Gasteiger partial charge in [0.2, 0.25) is 0 Å². The number of nitrogens with zero attached hydrogens (tertiary/aromatic N) is 2. The average Bonchev–Trinajstić information content (AvgIpc) is 2.40. The van der Waals surface area contributed by atoms with Gasteiger partial charge in [0.05, 0.1) is 12.6 Å². The van der Waals surface area contributed by atoms with Crippen molar-refractivity contribution < 1.29 is 9.47 Å². The average molecular weight is 266 g/mol. The number of hydrogen-bond acceptors (Lipinski definition) is 6. The molecule has 2 N–H and O–H groups in total. The summed E-state index contributed by atoms with van der Waals surface area (Å²) in [5.41, 5.74) is 0. The fourth-order valence-corrected chi connectivity index (χ4v) is 2.10. The highest BCUT2D eigenvalue weighted by molar-refractivity contribution is 5.48. The van der Waals surface area contributed by atoms with Crippen LogP contribution in [-0.2, 0) is 16.1 Å². The molecular weight excluding hydrogens is 244 g/mol. The van der Waals surface area contributed by atoms with Gasteiger partial charge in [-0.3, -0.25) is 0 Å². The first-order chi connectivity index (χ1) is 9.31. The van der Waals surface area contributed by atoms with E-state index in [0.717, 1.165) is 44.2 Å². The van der Waals surface area contributed by atoms with E-state index in [2.05, 4.69) is 20.6 Å². The van der Waals surface area contributed by atoms with Gasteiger partial charge < -0.3 is 20.1 Å². The minimum Gasteiger partial charge on any atom is -0.379 e. The molecule has 1 aromatic rings. The summed E-state index contributed by atoms with van der Waals surface area (Å²) in [6, 6.07) is 2.26. The molecule has 1 aliphatic rings. The van der Waals surface area contributed by atoms with E-state index in [0.29, 0.717) is 18.5 Å². The molecule has 6 heteroatoms. The van der Waals surface area contributed by atoms with Gasteiger partial charge in [0.15, 0.2) is 5.82 Å². The van der Waals surface area contributed by atoms with Gasteiger partial charge >= 0.3 is 0 Å². The lowest BCUT2D eigenvalue weighted by Crippen LogP contribution is -2.30. The summed E-state index contributed by atoms with van der Waals surface area (Å²) in [7, 11) is 1.64. The first-order valence-corrected chi connectivity index (χ1v) is 6.77. The molecule has 2 rings (SSSR count). The Morgan fingerprint density at radius 3 is 2.95 bits per heavy atom. The van der Waals surface area contributed by atoms with Gasteiger partial charge in [-0.15, -0.1) is 0 Å². The Labute approximate surface area is 113 Å². The largest absolute Gasteiger partial charge is 0.379 e. The highest BCUT2D eigenvalue weighted by atomic mass is 16.5. The number of rotatable bonds is 6. The smallest absolute Gasteiger partial charge is 0.158 e. The lowest BCUT2D eigenvalue weighted by Gasteiger charge is -2.24. The zero-order chi connectivity index (χ0) is 13.5. The molecule has 19 heavy (non-hydrogen) atoms. The van der Waals surface area contributed by atoms with Crippen LogP contribution in [0.15, 0.2) is 6.07 Å². The monoisotopic (exact) mass is 266 g/mol. The van der Waals surface area contributed by atoms with E-state index in [1.54, 1.807) is 7.11 Å². The second-order valence-electron chi connectivity index (χ2n) is 4.58. The molecule has 1 aliphatic heterocycles. The van der Waals surface area contributed by atoms with Gasteiger partial charge in [-0.1, -0.05) is 0 Å².